The van der Waals surface area contributed by atoms with E-state index in [-0.39, 0.29) is 6.54 Å². The molecule has 1 rings (SSSR count). The molecule has 1 atom stereocenters. The monoisotopic (exact) mass is 273 g/mol. The van der Waals surface area contributed by atoms with Crippen molar-refractivity contribution in [2.45, 2.75) is 19.8 Å². The summed E-state index contributed by atoms with van der Waals surface area (Å²) in [5.74, 6) is 2.76. The molecule has 0 aromatic heterocycles. The lowest BCUT2D eigenvalue weighted by Gasteiger charge is -2.34. The van der Waals surface area contributed by atoms with E-state index in [2.05, 4.69) is 18.2 Å². The van der Waals surface area contributed by atoms with Gasteiger partial charge in [-0.05, 0) is 31.8 Å². The van der Waals surface area contributed by atoms with E-state index in [1.807, 2.05) is 0 Å². The Morgan fingerprint density at radius 2 is 2.28 bits per heavy atom. The van der Waals surface area contributed by atoms with Gasteiger partial charge in [-0.15, -0.1) is 6.42 Å². The summed E-state index contributed by atoms with van der Waals surface area (Å²) in [5.41, 5.74) is 0. The number of rotatable bonds is 6. The fraction of sp³-hybridized carbons (Fsp3) is 0.833. The molecule has 1 fully saturated rings. The van der Waals surface area contributed by atoms with Crippen LogP contribution in [-0.2, 0) is 10.2 Å². The fourth-order valence-corrected chi connectivity index (χ4v) is 3.55. The second-order valence-corrected chi connectivity index (χ2v) is 6.68. The van der Waals surface area contributed by atoms with Gasteiger partial charge in [0.2, 0.25) is 0 Å². The molecule has 18 heavy (non-hydrogen) atoms. The van der Waals surface area contributed by atoms with E-state index >= 15 is 0 Å². The summed E-state index contributed by atoms with van der Waals surface area (Å²) in [7, 11) is -1.85. The molecule has 0 aliphatic carbocycles. The van der Waals surface area contributed by atoms with Crippen LogP contribution in [0.15, 0.2) is 0 Å². The van der Waals surface area contributed by atoms with Crippen LogP contribution in [0.3, 0.4) is 0 Å². The summed E-state index contributed by atoms with van der Waals surface area (Å²) in [6.07, 6.45) is 7.16. The van der Waals surface area contributed by atoms with Crippen molar-refractivity contribution in [3.63, 3.8) is 0 Å². The summed E-state index contributed by atoms with van der Waals surface area (Å²) in [6, 6.07) is 0. The van der Waals surface area contributed by atoms with Gasteiger partial charge in [-0.3, -0.25) is 0 Å². The molecule has 0 aromatic rings. The molecule has 0 amide bonds. The Morgan fingerprint density at radius 3 is 2.89 bits per heavy atom. The van der Waals surface area contributed by atoms with Crippen molar-refractivity contribution in [2.24, 2.45) is 5.92 Å². The lowest BCUT2D eigenvalue weighted by molar-refractivity contribution is 0.249. The molecule has 1 heterocycles. The average Bonchev–Trinajstić information content (AvgIpc) is 2.37. The molecule has 1 aliphatic rings. The first-order valence-corrected chi connectivity index (χ1v) is 7.77. The van der Waals surface area contributed by atoms with Crippen molar-refractivity contribution in [3.05, 3.63) is 0 Å². The van der Waals surface area contributed by atoms with Crippen LogP contribution in [0.5, 0.6) is 0 Å². The van der Waals surface area contributed by atoms with E-state index in [4.69, 9.17) is 6.42 Å². The number of hydrogen-bond donors (Lipinski definition) is 1. The second-order valence-electron chi connectivity index (χ2n) is 4.64. The van der Waals surface area contributed by atoms with Crippen LogP contribution in [0.25, 0.3) is 0 Å². The summed E-state index contributed by atoms with van der Waals surface area (Å²) >= 11 is 0. The molecule has 0 bridgehead atoms. The van der Waals surface area contributed by atoms with Crippen molar-refractivity contribution in [2.75, 3.05) is 39.8 Å². The predicted molar refractivity (Wildman–Crippen MR) is 73.2 cm³/mol. The molecule has 1 aliphatic heterocycles. The van der Waals surface area contributed by atoms with Crippen molar-refractivity contribution in [1.29, 1.82) is 0 Å². The van der Waals surface area contributed by atoms with Crippen LogP contribution >= 0.6 is 0 Å². The van der Waals surface area contributed by atoms with Crippen molar-refractivity contribution in [3.8, 4) is 12.3 Å². The lowest BCUT2D eigenvalue weighted by Crippen LogP contribution is -2.48. The zero-order valence-electron chi connectivity index (χ0n) is 11.2. The minimum atomic E-state index is -3.39. The first-order valence-electron chi connectivity index (χ1n) is 6.38. The maximum atomic E-state index is 12.2. The Morgan fingerprint density at radius 1 is 1.56 bits per heavy atom. The quantitative estimate of drug-likeness (QED) is 0.699. The number of piperidine rings is 1. The van der Waals surface area contributed by atoms with E-state index in [0.717, 1.165) is 25.9 Å². The molecule has 0 spiro atoms. The van der Waals surface area contributed by atoms with Gasteiger partial charge in [0.15, 0.2) is 0 Å². The highest BCUT2D eigenvalue weighted by atomic mass is 32.2. The minimum Gasteiger partial charge on any atom is -0.317 e. The smallest absolute Gasteiger partial charge is 0.282 e. The normalized spacial score (nSPS) is 22.0. The van der Waals surface area contributed by atoms with Crippen molar-refractivity contribution < 1.29 is 8.42 Å². The molecule has 6 heteroatoms. The third-order valence-corrected chi connectivity index (χ3v) is 5.10. The highest BCUT2D eigenvalue weighted by molar-refractivity contribution is 7.86. The Labute approximate surface area is 111 Å². The van der Waals surface area contributed by atoms with Crippen molar-refractivity contribution in [1.82, 2.24) is 13.9 Å². The van der Waals surface area contributed by atoms with Gasteiger partial charge in [-0.2, -0.15) is 17.0 Å². The van der Waals surface area contributed by atoms with Crippen molar-refractivity contribution >= 4 is 10.2 Å². The average molecular weight is 273 g/mol. The number of nitrogens with zero attached hydrogens (tertiary/aromatic N) is 2. The van der Waals surface area contributed by atoms with Gasteiger partial charge in [0.05, 0.1) is 6.54 Å². The Balaban J connectivity index is 2.63. The molecular formula is C12H23N3O2S. The Bertz CT molecular complexity index is 389. The van der Waals surface area contributed by atoms with Crippen LogP contribution in [0.4, 0.5) is 0 Å². The Kier molecular flexibility index (Phi) is 6.09. The van der Waals surface area contributed by atoms with Crippen LogP contribution in [0.1, 0.15) is 19.8 Å². The maximum Gasteiger partial charge on any atom is 0.282 e. The molecule has 1 saturated heterocycles. The molecule has 0 aromatic carbocycles. The molecular weight excluding hydrogens is 250 g/mol. The van der Waals surface area contributed by atoms with Crippen LogP contribution in [-0.4, -0.2) is 56.8 Å². The standard InChI is InChI=1S/C12H23N3O2S/c1-4-8-14(3)18(16,17)15-9-6-7-12(11-15)10-13-5-2/h1,12-13H,5-11H2,2-3H3. The minimum absolute atomic E-state index is 0.122. The molecule has 104 valence electrons. The molecule has 1 N–H and O–H groups in total. The third-order valence-electron chi connectivity index (χ3n) is 3.20. The Hall–Kier alpha value is -0.610. The summed E-state index contributed by atoms with van der Waals surface area (Å²) in [4.78, 5) is 0. The topological polar surface area (TPSA) is 52.7 Å². The predicted octanol–water partition coefficient (Wildman–Crippen LogP) is 0.118. The van der Waals surface area contributed by atoms with Gasteiger partial charge in [-0.25, -0.2) is 0 Å². The lowest BCUT2D eigenvalue weighted by atomic mass is 10.00. The summed E-state index contributed by atoms with van der Waals surface area (Å²) in [6.45, 7) is 5.15. The van der Waals surface area contributed by atoms with E-state index in [1.165, 1.54) is 11.4 Å². The molecule has 5 nitrogen and oxygen atoms in total. The van der Waals surface area contributed by atoms with E-state index in [1.54, 1.807) is 4.31 Å². The zero-order chi connectivity index (χ0) is 13.6. The highest BCUT2D eigenvalue weighted by Crippen LogP contribution is 2.19. The largest absolute Gasteiger partial charge is 0.317 e. The first-order chi connectivity index (χ1) is 8.52. The van der Waals surface area contributed by atoms with Gasteiger partial charge in [0.25, 0.3) is 10.2 Å². The van der Waals surface area contributed by atoms with E-state index in [0.29, 0.717) is 19.0 Å². The van der Waals surface area contributed by atoms with Crippen LogP contribution in [0.2, 0.25) is 0 Å². The highest BCUT2D eigenvalue weighted by Gasteiger charge is 2.31. The summed E-state index contributed by atoms with van der Waals surface area (Å²) in [5, 5.41) is 3.28. The number of nitrogens with one attached hydrogen (secondary N) is 1. The van der Waals surface area contributed by atoms with Gasteiger partial charge in [-0.1, -0.05) is 12.8 Å². The van der Waals surface area contributed by atoms with Gasteiger partial charge >= 0.3 is 0 Å². The number of hydrogen-bond acceptors (Lipinski definition) is 3. The molecule has 1 unspecified atom stereocenters. The van der Waals surface area contributed by atoms with Gasteiger partial charge in [0, 0.05) is 20.1 Å². The van der Waals surface area contributed by atoms with Crippen LogP contribution in [0, 0.1) is 18.3 Å². The van der Waals surface area contributed by atoms with Crippen LogP contribution < -0.4 is 5.32 Å². The molecule has 0 radical (unpaired) electrons. The maximum absolute atomic E-state index is 12.2. The molecule has 0 saturated carbocycles. The first kappa shape index (κ1) is 15.4. The van der Waals surface area contributed by atoms with E-state index in [9.17, 15) is 8.42 Å². The number of terminal acetylenes is 1. The third kappa shape index (κ3) is 3.95. The second kappa shape index (κ2) is 7.10. The zero-order valence-corrected chi connectivity index (χ0v) is 12.0. The van der Waals surface area contributed by atoms with Gasteiger partial charge in [0.1, 0.15) is 0 Å². The van der Waals surface area contributed by atoms with E-state index < -0.39 is 10.2 Å². The SMILES string of the molecule is C#CCN(C)S(=O)(=O)N1CCCC(CNCC)C1. The fourth-order valence-electron chi connectivity index (χ4n) is 2.16. The van der Waals surface area contributed by atoms with Gasteiger partial charge < -0.3 is 5.32 Å². The summed E-state index contributed by atoms with van der Waals surface area (Å²) < 4.78 is 27.3.